The first-order chi connectivity index (χ1) is 6.29. The Hall–Kier alpha value is -0.570. The van der Waals surface area contributed by atoms with Crippen molar-refractivity contribution in [3.8, 4) is 0 Å². The van der Waals surface area contributed by atoms with Gasteiger partial charge in [0.1, 0.15) is 0 Å². The normalized spacial score (nSPS) is 32.2. The summed E-state index contributed by atoms with van der Waals surface area (Å²) in [6.45, 7) is 8.63. The Kier molecular flexibility index (Phi) is 2.91. The lowest BCUT2D eigenvalue weighted by atomic mass is 9.62. The van der Waals surface area contributed by atoms with Crippen molar-refractivity contribution < 1.29 is 4.79 Å². The van der Waals surface area contributed by atoms with Crippen LogP contribution in [0.3, 0.4) is 0 Å². The van der Waals surface area contributed by atoms with Gasteiger partial charge < -0.3 is 11.1 Å². The lowest BCUT2D eigenvalue weighted by Gasteiger charge is -2.45. The van der Waals surface area contributed by atoms with Crippen molar-refractivity contribution in [2.45, 2.75) is 46.1 Å². The molecule has 3 nitrogen and oxygen atoms in total. The molecule has 0 unspecified atom stereocenters. The zero-order valence-corrected chi connectivity index (χ0v) is 9.68. The van der Waals surface area contributed by atoms with E-state index >= 15 is 0 Å². The van der Waals surface area contributed by atoms with Gasteiger partial charge in [-0.15, -0.1) is 0 Å². The van der Waals surface area contributed by atoms with Crippen molar-refractivity contribution in [2.75, 3.05) is 6.54 Å². The van der Waals surface area contributed by atoms with E-state index in [1.165, 1.54) is 0 Å². The lowest BCUT2D eigenvalue weighted by molar-refractivity contribution is -0.139. The molecule has 0 aromatic heterocycles. The fraction of sp³-hybridized carbons (Fsp3) is 0.909. The molecule has 0 aromatic rings. The second kappa shape index (κ2) is 3.54. The van der Waals surface area contributed by atoms with Gasteiger partial charge in [-0.1, -0.05) is 6.92 Å². The van der Waals surface area contributed by atoms with Gasteiger partial charge in [0.15, 0.2) is 0 Å². The number of hydrogen-bond donors (Lipinski definition) is 2. The summed E-state index contributed by atoms with van der Waals surface area (Å²) in [7, 11) is 0. The lowest BCUT2D eigenvalue weighted by Crippen LogP contribution is -2.57. The summed E-state index contributed by atoms with van der Waals surface area (Å²) in [4.78, 5) is 11.9. The first-order valence-electron chi connectivity index (χ1n) is 5.32. The molecule has 1 fully saturated rings. The van der Waals surface area contributed by atoms with Crippen molar-refractivity contribution in [3.63, 3.8) is 0 Å². The van der Waals surface area contributed by atoms with Crippen molar-refractivity contribution in [2.24, 2.45) is 17.1 Å². The van der Waals surface area contributed by atoms with Crippen LogP contribution < -0.4 is 11.1 Å². The largest absolute Gasteiger partial charge is 0.351 e. The van der Waals surface area contributed by atoms with E-state index in [9.17, 15) is 4.79 Å². The van der Waals surface area contributed by atoms with Gasteiger partial charge in [-0.25, -0.2) is 0 Å². The van der Waals surface area contributed by atoms with Gasteiger partial charge in [0, 0.05) is 12.1 Å². The van der Waals surface area contributed by atoms with Gasteiger partial charge in [0.2, 0.25) is 5.91 Å². The van der Waals surface area contributed by atoms with Gasteiger partial charge in [0.05, 0.1) is 5.41 Å². The molecule has 1 rings (SSSR count). The topological polar surface area (TPSA) is 55.1 Å². The highest BCUT2D eigenvalue weighted by molar-refractivity contribution is 5.84. The van der Waals surface area contributed by atoms with Crippen LogP contribution in [0.5, 0.6) is 0 Å². The van der Waals surface area contributed by atoms with Crippen LogP contribution in [-0.4, -0.2) is 18.0 Å². The van der Waals surface area contributed by atoms with E-state index in [2.05, 4.69) is 12.2 Å². The Balaban J connectivity index is 2.59. The summed E-state index contributed by atoms with van der Waals surface area (Å²) in [5, 5.41) is 3.01. The number of rotatable bonds is 2. The minimum Gasteiger partial charge on any atom is -0.351 e. The van der Waals surface area contributed by atoms with Crippen molar-refractivity contribution in [3.05, 3.63) is 0 Å². The molecular formula is C11H22N2O. The summed E-state index contributed by atoms with van der Waals surface area (Å²) in [6, 6.07) is 0. The van der Waals surface area contributed by atoms with Gasteiger partial charge in [-0.2, -0.15) is 0 Å². The highest BCUT2D eigenvalue weighted by atomic mass is 16.2. The van der Waals surface area contributed by atoms with E-state index in [1.54, 1.807) is 0 Å². The Labute approximate surface area is 86.4 Å². The molecule has 1 aliphatic carbocycles. The second-order valence-electron chi connectivity index (χ2n) is 5.70. The van der Waals surface area contributed by atoms with Crippen molar-refractivity contribution >= 4 is 5.91 Å². The molecule has 0 spiro atoms. The Morgan fingerprint density at radius 3 is 2.29 bits per heavy atom. The molecule has 0 aromatic carbocycles. The Bertz CT molecular complexity index is 224. The average Bonchev–Trinajstić information content (AvgIpc) is 1.94. The SMILES string of the molecule is CC1CC(CN)(C(=O)NC(C)(C)C)C1. The third kappa shape index (κ3) is 2.27. The quantitative estimate of drug-likeness (QED) is 0.702. The highest BCUT2D eigenvalue weighted by Crippen LogP contribution is 2.44. The molecule has 82 valence electrons. The minimum absolute atomic E-state index is 0.130. The van der Waals surface area contributed by atoms with E-state index < -0.39 is 0 Å². The number of nitrogens with two attached hydrogens (primary N) is 1. The third-order valence-electron chi connectivity index (χ3n) is 2.84. The fourth-order valence-electron chi connectivity index (χ4n) is 2.19. The predicted octanol–water partition coefficient (Wildman–Crippen LogP) is 1.28. The molecule has 1 aliphatic rings. The number of amides is 1. The third-order valence-corrected chi connectivity index (χ3v) is 2.84. The number of carbonyl (C=O) groups is 1. The first kappa shape index (κ1) is 11.5. The van der Waals surface area contributed by atoms with Crippen LogP contribution in [0.15, 0.2) is 0 Å². The fourth-order valence-corrected chi connectivity index (χ4v) is 2.19. The molecule has 3 heteroatoms. The maximum absolute atomic E-state index is 11.9. The summed E-state index contributed by atoms with van der Waals surface area (Å²) >= 11 is 0. The maximum Gasteiger partial charge on any atom is 0.227 e. The van der Waals surface area contributed by atoms with E-state index in [0.29, 0.717) is 12.5 Å². The van der Waals surface area contributed by atoms with Gasteiger partial charge in [-0.05, 0) is 39.5 Å². The number of nitrogens with one attached hydrogen (secondary N) is 1. The molecule has 0 bridgehead atoms. The van der Waals surface area contributed by atoms with Crippen LogP contribution >= 0.6 is 0 Å². The van der Waals surface area contributed by atoms with Crippen molar-refractivity contribution in [1.82, 2.24) is 5.32 Å². The van der Waals surface area contributed by atoms with Crippen LogP contribution in [0.1, 0.15) is 40.5 Å². The molecular weight excluding hydrogens is 176 g/mol. The highest BCUT2D eigenvalue weighted by Gasteiger charge is 2.47. The average molecular weight is 198 g/mol. The van der Waals surface area contributed by atoms with E-state index in [0.717, 1.165) is 12.8 Å². The molecule has 14 heavy (non-hydrogen) atoms. The monoisotopic (exact) mass is 198 g/mol. The second-order valence-corrected chi connectivity index (χ2v) is 5.70. The molecule has 1 saturated carbocycles. The van der Waals surface area contributed by atoms with Gasteiger partial charge >= 0.3 is 0 Å². The van der Waals surface area contributed by atoms with E-state index in [-0.39, 0.29) is 16.9 Å². The van der Waals surface area contributed by atoms with Crippen LogP contribution in [-0.2, 0) is 4.79 Å². The smallest absolute Gasteiger partial charge is 0.227 e. The standard InChI is InChI=1S/C11H22N2O/c1-8-5-11(6-8,7-12)9(14)13-10(2,3)4/h8H,5-7,12H2,1-4H3,(H,13,14). The summed E-state index contributed by atoms with van der Waals surface area (Å²) in [5.41, 5.74) is 5.26. The first-order valence-corrected chi connectivity index (χ1v) is 5.32. The van der Waals surface area contributed by atoms with E-state index in [1.807, 2.05) is 20.8 Å². The zero-order chi connectivity index (χ0) is 11.0. The summed E-state index contributed by atoms with van der Waals surface area (Å²) in [6.07, 6.45) is 1.87. The number of hydrogen-bond acceptors (Lipinski definition) is 2. The van der Waals surface area contributed by atoms with Crippen LogP contribution in [0.2, 0.25) is 0 Å². The van der Waals surface area contributed by atoms with Crippen molar-refractivity contribution in [1.29, 1.82) is 0 Å². The number of carbonyl (C=O) groups excluding carboxylic acids is 1. The van der Waals surface area contributed by atoms with E-state index in [4.69, 9.17) is 5.73 Å². The maximum atomic E-state index is 11.9. The molecule has 3 N–H and O–H groups in total. The Morgan fingerprint density at radius 2 is 2.00 bits per heavy atom. The summed E-state index contributed by atoms with van der Waals surface area (Å²) < 4.78 is 0. The molecule has 1 amide bonds. The Morgan fingerprint density at radius 1 is 1.50 bits per heavy atom. The molecule has 0 heterocycles. The zero-order valence-electron chi connectivity index (χ0n) is 9.68. The summed E-state index contributed by atoms with van der Waals surface area (Å²) in [5.74, 6) is 0.773. The van der Waals surface area contributed by atoms with Gasteiger partial charge in [-0.3, -0.25) is 4.79 Å². The minimum atomic E-state index is -0.271. The van der Waals surface area contributed by atoms with Crippen LogP contribution in [0.4, 0.5) is 0 Å². The molecule has 0 saturated heterocycles. The van der Waals surface area contributed by atoms with Crippen LogP contribution in [0, 0.1) is 11.3 Å². The molecule has 0 radical (unpaired) electrons. The van der Waals surface area contributed by atoms with Gasteiger partial charge in [0.25, 0.3) is 0 Å². The van der Waals surface area contributed by atoms with Crippen LogP contribution in [0.25, 0.3) is 0 Å². The molecule has 0 atom stereocenters. The predicted molar refractivity (Wildman–Crippen MR) is 57.8 cm³/mol. The molecule has 0 aliphatic heterocycles.